The Bertz CT molecular complexity index is 422. The largest absolute Gasteiger partial charge is 0.350 e. The van der Waals surface area contributed by atoms with E-state index in [1.165, 1.54) is 0 Å². The van der Waals surface area contributed by atoms with Crippen molar-refractivity contribution < 1.29 is 17.2 Å². The van der Waals surface area contributed by atoms with E-state index < -0.39 is 21.8 Å². The molecule has 0 spiro atoms. The van der Waals surface area contributed by atoms with E-state index in [0.29, 0.717) is 5.56 Å². The highest BCUT2D eigenvalue weighted by Crippen LogP contribution is 2.09. The van der Waals surface area contributed by atoms with Gasteiger partial charge in [0.1, 0.15) is 0 Å². The summed E-state index contributed by atoms with van der Waals surface area (Å²) in [5, 5.41) is 0. The molecular weight excluding hydrogens is 238 g/mol. The van der Waals surface area contributed by atoms with E-state index in [1.54, 1.807) is 35.1 Å². The summed E-state index contributed by atoms with van der Waals surface area (Å²) in [7, 11) is -4.56. The first kappa shape index (κ1) is 13.0. The van der Waals surface area contributed by atoms with Crippen molar-refractivity contribution in [3.8, 4) is 0 Å². The molecule has 90 valence electrons. The predicted molar refractivity (Wildman–Crippen MR) is 56.3 cm³/mol. The van der Waals surface area contributed by atoms with Gasteiger partial charge < -0.3 is 5.73 Å². The monoisotopic (exact) mass is 250 g/mol. The molecular formula is C9H12F2N2O2S. The predicted octanol–water partition coefficient (Wildman–Crippen LogP) is 0.828. The Morgan fingerprint density at radius 2 is 1.81 bits per heavy atom. The van der Waals surface area contributed by atoms with Crippen LogP contribution in [-0.4, -0.2) is 20.7 Å². The molecule has 1 unspecified atom stereocenters. The van der Waals surface area contributed by atoms with Gasteiger partial charge in [0, 0.05) is 12.6 Å². The minimum atomic E-state index is -4.56. The van der Waals surface area contributed by atoms with Gasteiger partial charge in [-0.2, -0.15) is 8.78 Å². The summed E-state index contributed by atoms with van der Waals surface area (Å²) in [6.45, 7) is -0.253. The fourth-order valence-corrected chi connectivity index (χ4v) is 1.62. The first-order valence-corrected chi connectivity index (χ1v) is 6.05. The van der Waals surface area contributed by atoms with Crippen LogP contribution in [0, 0.1) is 0 Å². The Kier molecular flexibility index (Phi) is 4.34. The lowest BCUT2D eigenvalue weighted by Gasteiger charge is -2.12. The van der Waals surface area contributed by atoms with E-state index in [0.717, 1.165) is 0 Å². The SMILES string of the molecule is NC(CNS(=O)(=O)C(F)F)c1ccccc1. The normalized spacial score (nSPS) is 14.0. The van der Waals surface area contributed by atoms with Crippen molar-refractivity contribution in [2.75, 3.05) is 6.54 Å². The molecule has 0 radical (unpaired) electrons. The third-order valence-electron chi connectivity index (χ3n) is 1.97. The quantitative estimate of drug-likeness (QED) is 0.813. The van der Waals surface area contributed by atoms with Crippen molar-refractivity contribution in [2.45, 2.75) is 11.8 Å². The molecule has 1 atom stereocenters. The van der Waals surface area contributed by atoms with Crippen LogP contribution in [0.4, 0.5) is 8.78 Å². The molecule has 3 N–H and O–H groups in total. The van der Waals surface area contributed by atoms with Gasteiger partial charge in [-0.1, -0.05) is 30.3 Å². The Morgan fingerprint density at radius 3 is 2.31 bits per heavy atom. The number of sulfonamides is 1. The highest BCUT2D eigenvalue weighted by Gasteiger charge is 2.24. The topological polar surface area (TPSA) is 72.2 Å². The molecule has 1 aromatic carbocycles. The van der Waals surface area contributed by atoms with Gasteiger partial charge in [0.05, 0.1) is 0 Å². The summed E-state index contributed by atoms with van der Waals surface area (Å²) >= 11 is 0. The number of nitrogens with one attached hydrogen (secondary N) is 1. The van der Waals surface area contributed by atoms with Gasteiger partial charge in [-0.05, 0) is 5.56 Å². The molecule has 7 heteroatoms. The molecule has 0 aliphatic rings. The fourth-order valence-electron chi connectivity index (χ4n) is 1.09. The third-order valence-corrected chi connectivity index (χ3v) is 3.00. The Morgan fingerprint density at radius 1 is 1.25 bits per heavy atom. The van der Waals surface area contributed by atoms with Crippen LogP contribution in [0.3, 0.4) is 0 Å². The number of hydrogen-bond acceptors (Lipinski definition) is 3. The molecule has 0 aliphatic carbocycles. The maximum atomic E-state index is 12.0. The summed E-state index contributed by atoms with van der Waals surface area (Å²) in [6, 6.07) is 7.99. The zero-order valence-corrected chi connectivity index (χ0v) is 9.12. The molecule has 0 heterocycles. The first-order valence-electron chi connectivity index (χ1n) is 4.50. The summed E-state index contributed by atoms with van der Waals surface area (Å²) < 4.78 is 47.2. The number of alkyl halides is 2. The summed E-state index contributed by atoms with van der Waals surface area (Å²) in [4.78, 5) is 0. The van der Waals surface area contributed by atoms with Gasteiger partial charge in [-0.3, -0.25) is 0 Å². The summed E-state index contributed by atoms with van der Waals surface area (Å²) in [6.07, 6.45) is 0. The Balaban J connectivity index is 2.58. The van der Waals surface area contributed by atoms with E-state index in [9.17, 15) is 17.2 Å². The van der Waals surface area contributed by atoms with Gasteiger partial charge in [0.15, 0.2) is 0 Å². The molecule has 1 rings (SSSR count). The van der Waals surface area contributed by atoms with Crippen LogP contribution in [0.1, 0.15) is 11.6 Å². The van der Waals surface area contributed by atoms with E-state index in [4.69, 9.17) is 5.73 Å². The average Bonchev–Trinajstić information content (AvgIpc) is 2.27. The molecule has 0 fully saturated rings. The van der Waals surface area contributed by atoms with Crippen LogP contribution in [-0.2, 0) is 10.0 Å². The summed E-state index contributed by atoms with van der Waals surface area (Å²) in [5.74, 6) is -3.43. The van der Waals surface area contributed by atoms with Crippen LogP contribution in [0.25, 0.3) is 0 Å². The molecule has 0 aliphatic heterocycles. The minimum Gasteiger partial charge on any atom is -0.323 e. The molecule has 0 saturated carbocycles. The van der Waals surface area contributed by atoms with Crippen molar-refractivity contribution >= 4 is 10.0 Å². The average molecular weight is 250 g/mol. The molecule has 0 aromatic heterocycles. The lowest BCUT2D eigenvalue weighted by molar-refractivity contribution is 0.232. The van der Waals surface area contributed by atoms with Crippen molar-refractivity contribution in [1.82, 2.24) is 4.72 Å². The maximum Gasteiger partial charge on any atom is 0.350 e. The second kappa shape index (κ2) is 5.33. The Hall–Kier alpha value is -1.05. The highest BCUT2D eigenvalue weighted by atomic mass is 32.2. The van der Waals surface area contributed by atoms with E-state index in [2.05, 4.69) is 0 Å². The zero-order chi connectivity index (χ0) is 12.2. The molecule has 1 aromatic rings. The van der Waals surface area contributed by atoms with E-state index in [-0.39, 0.29) is 6.54 Å². The molecule has 16 heavy (non-hydrogen) atoms. The Labute approximate surface area is 92.5 Å². The van der Waals surface area contributed by atoms with E-state index >= 15 is 0 Å². The second-order valence-corrected chi connectivity index (χ2v) is 4.91. The van der Waals surface area contributed by atoms with Crippen LogP contribution < -0.4 is 10.5 Å². The number of halogens is 2. The number of nitrogens with two attached hydrogens (primary N) is 1. The number of benzene rings is 1. The van der Waals surface area contributed by atoms with Crippen LogP contribution in [0.15, 0.2) is 30.3 Å². The van der Waals surface area contributed by atoms with Gasteiger partial charge in [-0.15, -0.1) is 0 Å². The van der Waals surface area contributed by atoms with Gasteiger partial charge in [0.2, 0.25) is 0 Å². The third kappa shape index (κ3) is 3.51. The van der Waals surface area contributed by atoms with Crippen LogP contribution in [0.2, 0.25) is 0 Å². The lowest BCUT2D eigenvalue weighted by atomic mass is 10.1. The molecule has 4 nitrogen and oxygen atoms in total. The van der Waals surface area contributed by atoms with Gasteiger partial charge >= 0.3 is 5.76 Å². The zero-order valence-electron chi connectivity index (χ0n) is 8.31. The minimum absolute atomic E-state index is 0.253. The van der Waals surface area contributed by atoms with Crippen LogP contribution >= 0.6 is 0 Å². The molecule has 0 amide bonds. The lowest BCUT2D eigenvalue weighted by Crippen LogP contribution is -2.35. The van der Waals surface area contributed by atoms with Crippen molar-refractivity contribution in [3.05, 3.63) is 35.9 Å². The highest BCUT2D eigenvalue weighted by molar-refractivity contribution is 7.89. The van der Waals surface area contributed by atoms with E-state index in [1.807, 2.05) is 0 Å². The van der Waals surface area contributed by atoms with Crippen molar-refractivity contribution in [1.29, 1.82) is 0 Å². The molecule has 0 bridgehead atoms. The second-order valence-electron chi connectivity index (χ2n) is 3.17. The standard InChI is InChI=1S/C9H12F2N2O2S/c10-9(11)16(14,15)13-6-8(12)7-4-2-1-3-5-7/h1-5,8-9,13H,6,12H2. The van der Waals surface area contributed by atoms with Crippen molar-refractivity contribution in [2.24, 2.45) is 5.73 Å². The van der Waals surface area contributed by atoms with Gasteiger partial charge in [0.25, 0.3) is 10.0 Å². The van der Waals surface area contributed by atoms with Crippen LogP contribution in [0.5, 0.6) is 0 Å². The first-order chi connectivity index (χ1) is 7.43. The number of hydrogen-bond donors (Lipinski definition) is 2. The maximum absolute atomic E-state index is 12.0. The van der Waals surface area contributed by atoms with Crippen molar-refractivity contribution in [3.63, 3.8) is 0 Å². The number of rotatable bonds is 5. The smallest absolute Gasteiger partial charge is 0.323 e. The molecule has 0 saturated heterocycles. The summed E-state index contributed by atoms with van der Waals surface area (Å²) in [5.41, 5.74) is 6.31. The van der Waals surface area contributed by atoms with Gasteiger partial charge in [-0.25, -0.2) is 13.1 Å². The fraction of sp³-hybridized carbons (Fsp3) is 0.333.